The Morgan fingerprint density at radius 3 is 3.00 bits per heavy atom. The van der Waals surface area contributed by atoms with Crippen LogP contribution in [0.15, 0.2) is 6.07 Å². The number of halogens is 3. The van der Waals surface area contributed by atoms with Gasteiger partial charge < -0.3 is 10.2 Å². The Morgan fingerprint density at radius 2 is 2.21 bits per heavy atom. The van der Waals surface area contributed by atoms with Crippen molar-refractivity contribution in [2.75, 3.05) is 24.5 Å². The maximum absolute atomic E-state index is 13.1. The second-order valence-electron chi connectivity index (χ2n) is 5.05. The van der Waals surface area contributed by atoms with E-state index >= 15 is 0 Å². The van der Waals surface area contributed by atoms with Gasteiger partial charge in [0.15, 0.2) is 11.0 Å². The predicted octanol–water partition coefficient (Wildman–Crippen LogP) is 2.26. The number of rotatable bonds is 2. The number of nitrogens with one attached hydrogen (secondary N) is 1. The van der Waals surface area contributed by atoms with Gasteiger partial charge in [-0.1, -0.05) is 11.6 Å². The quantitative estimate of drug-likeness (QED) is 0.906. The molecule has 2 saturated heterocycles. The molecule has 1 aromatic rings. The molecule has 0 bridgehead atoms. The molecular weight excluding hydrogens is 274 g/mol. The van der Waals surface area contributed by atoms with Crippen LogP contribution < -0.4 is 10.2 Å². The minimum atomic E-state index is -2.58. The van der Waals surface area contributed by atoms with Crippen LogP contribution in [0.1, 0.15) is 24.8 Å². The predicted molar refractivity (Wildman–Crippen MR) is 68.7 cm³/mol. The highest BCUT2D eigenvalue weighted by Crippen LogP contribution is 2.36. The Labute approximate surface area is 115 Å². The summed E-state index contributed by atoms with van der Waals surface area (Å²) >= 11 is 5.67. The Bertz CT molecular complexity index is 471. The minimum Gasteiger partial charge on any atom is -0.350 e. The van der Waals surface area contributed by atoms with Gasteiger partial charge in [-0.05, 0) is 31.4 Å². The number of alkyl halides is 2. The van der Waals surface area contributed by atoms with Gasteiger partial charge in [0.25, 0.3) is 6.43 Å². The molecular formula is C12H15ClF2N4. The van der Waals surface area contributed by atoms with Crippen molar-refractivity contribution >= 4 is 17.4 Å². The molecule has 19 heavy (non-hydrogen) atoms. The van der Waals surface area contributed by atoms with Gasteiger partial charge in [-0.3, -0.25) is 0 Å². The molecule has 2 atom stereocenters. The zero-order chi connectivity index (χ0) is 13.4. The van der Waals surface area contributed by atoms with Crippen molar-refractivity contribution in [3.05, 3.63) is 16.8 Å². The van der Waals surface area contributed by atoms with Crippen LogP contribution in [0.4, 0.5) is 14.6 Å². The van der Waals surface area contributed by atoms with Crippen LogP contribution in [0, 0.1) is 5.92 Å². The van der Waals surface area contributed by atoms with Gasteiger partial charge >= 0.3 is 0 Å². The van der Waals surface area contributed by atoms with Crippen molar-refractivity contribution in [1.29, 1.82) is 0 Å². The summed E-state index contributed by atoms with van der Waals surface area (Å²) in [5.74, 6) is 0.847. The second-order valence-corrected chi connectivity index (χ2v) is 5.44. The first-order valence-electron chi connectivity index (χ1n) is 6.45. The highest BCUT2D eigenvalue weighted by Gasteiger charge is 2.38. The molecule has 104 valence electrons. The lowest BCUT2D eigenvalue weighted by Gasteiger charge is -2.33. The Hall–Kier alpha value is -1.01. The van der Waals surface area contributed by atoms with Crippen LogP contribution in [0.25, 0.3) is 0 Å². The molecule has 0 aliphatic carbocycles. The number of piperidine rings is 1. The molecule has 7 heteroatoms. The van der Waals surface area contributed by atoms with Gasteiger partial charge in [0.1, 0.15) is 0 Å². The molecule has 2 aliphatic rings. The van der Waals surface area contributed by atoms with E-state index in [2.05, 4.69) is 15.5 Å². The van der Waals surface area contributed by atoms with Crippen LogP contribution in [0.3, 0.4) is 0 Å². The summed E-state index contributed by atoms with van der Waals surface area (Å²) in [4.78, 5) is 1.96. The van der Waals surface area contributed by atoms with Crippen molar-refractivity contribution in [3.63, 3.8) is 0 Å². The van der Waals surface area contributed by atoms with E-state index < -0.39 is 6.43 Å². The fourth-order valence-corrected chi connectivity index (χ4v) is 3.25. The lowest BCUT2D eigenvalue weighted by molar-refractivity contribution is 0.151. The normalized spacial score (nSPS) is 26.8. The van der Waals surface area contributed by atoms with E-state index in [4.69, 9.17) is 11.6 Å². The van der Waals surface area contributed by atoms with E-state index in [-0.39, 0.29) is 22.6 Å². The van der Waals surface area contributed by atoms with Crippen LogP contribution in [0.5, 0.6) is 0 Å². The molecule has 0 amide bonds. The third-order valence-corrected chi connectivity index (χ3v) is 4.20. The number of aromatic nitrogens is 2. The van der Waals surface area contributed by atoms with Crippen molar-refractivity contribution < 1.29 is 8.78 Å². The van der Waals surface area contributed by atoms with Gasteiger partial charge in [0, 0.05) is 19.1 Å². The molecule has 1 N–H and O–H groups in total. The summed E-state index contributed by atoms with van der Waals surface area (Å²) in [6.45, 7) is 2.58. The molecule has 4 nitrogen and oxygen atoms in total. The molecule has 3 heterocycles. The van der Waals surface area contributed by atoms with Gasteiger partial charge in [-0.2, -0.15) is 0 Å². The van der Waals surface area contributed by atoms with Crippen LogP contribution >= 0.6 is 11.6 Å². The van der Waals surface area contributed by atoms with Crippen molar-refractivity contribution in [2.24, 2.45) is 5.92 Å². The van der Waals surface area contributed by atoms with E-state index in [0.717, 1.165) is 32.5 Å². The summed E-state index contributed by atoms with van der Waals surface area (Å²) in [7, 11) is 0. The summed E-state index contributed by atoms with van der Waals surface area (Å²) in [6.07, 6.45) is -0.468. The Morgan fingerprint density at radius 1 is 1.37 bits per heavy atom. The van der Waals surface area contributed by atoms with Crippen LogP contribution in [-0.4, -0.2) is 35.9 Å². The third-order valence-electron chi connectivity index (χ3n) is 4.01. The Balaban J connectivity index is 1.93. The summed E-state index contributed by atoms with van der Waals surface area (Å²) in [5.41, 5.74) is -0.119. The minimum absolute atomic E-state index is 0.0107. The number of anilines is 1. The van der Waals surface area contributed by atoms with E-state index in [0.29, 0.717) is 5.92 Å². The third kappa shape index (κ3) is 2.39. The van der Waals surface area contributed by atoms with E-state index in [9.17, 15) is 8.78 Å². The molecule has 2 fully saturated rings. The maximum atomic E-state index is 13.1. The summed E-state index contributed by atoms with van der Waals surface area (Å²) < 4.78 is 26.2. The molecule has 1 aromatic heterocycles. The van der Waals surface area contributed by atoms with Crippen LogP contribution in [0.2, 0.25) is 5.15 Å². The number of hydrogen-bond acceptors (Lipinski definition) is 4. The summed E-state index contributed by atoms with van der Waals surface area (Å²) in [5, 5.41) is 11.0. The molecule has 0 radical (unpaired) electrons. The first-order chi connectivity index (χ1) is 9.16. The topological polar surface area (TPSA) is 41.1 Å². The first kappa shape index (κ1) is 13.0. The number of hydrogen-bond donors (Lipinski definition) is 1. The van der Waals surface area contributed by atoms with Gasteiger partial charge in [-0.25, -0.2) is 8.78 Å². The van der Waals surface area contributed by atoms with E-state index in [1.807, 2.05) is 4.90 Å². The highest BCUT2D eigenvalue weighted by molar-refractivity contribution is 6.29. The monoisotopic (exact) mass is 288 g/mol. The van der Waals surface area contributed by atoms with Gasteiger partial charge in [-0.15, -0.1) is 10.2 Å². The highest BCUT2D eigenvalue weighted by atomic mass is 35.5. The molecule has 0 saturated carbocycles. The first-order valence-corrected chi connectivity index (χ1v) is 6.83. The second kappa shape index (κ2) is 5.17. The molecule has 3 rings (SSSR count). The van der Waals surface area contributed by atoms with Crippen molar-refractivity contribution in [1.82, 2.24) is 15.5 Å². The fourth-order valence-electron chi connectivity index (χ4n) is 3.09. The van der Waals surface area contributed by atoms with Gasteiger partial charge in [0.2, 0.25) is 0 Å². The van der Waals surface area contributed by atoms with Gasteiger partial charge in [0.05, 0.1) is 5.56 Å². The number of fused-ring (bicyclic) bond motifs is 1. The molecule has 0 spiro atoms. The van der Waals surface area contributed by atoms with Crippen LogP contribution in [-0.2, 0) is 0 Å². The number of nitrogens with zero attached hydrogens (tertiary/aromatic N) is 3. The largest absolute Gasteiger partial charge is 0.350 e. The van der Waals surface area contributed by atoms with E-state index in [1.165, 1.54) is 6.07 Å². The Kier molecular flexibility index (Phi) is 3.54. The van der Waals surface area contributed by atoms with Crippen molar-refractivity contribution in [3.8, 4) is 0 Å². The zero-order valence-electron chi connectivity index (χ0n) is 10.3. The molecule has 0 unspecified atom stereocenters. The smallest absolute Gasteiger partial charge is 0.267 e. The maximum Gasteiger partial charge on any atom is 0.267 e. The molecule has 0 aromatic carbocycles. The zero-order valence-corrected chi connectivity index (χ0v) is 11.1. The summed E-state index contributed by atoms with van der Waals surface area (Å²) in [6, 6.07) is 1.46. The van der Waals surface area contributed by atoms with E-state index in [1.54, 1.807) is 0 Å². The SMILES string of the molecule is FC(F)c1cc(Cl)nnc1N1CC[C@@H]2CCNC[C@@H]21. The van der Waals surface area contributed by atoms with Crippen molar-refractivity contribution in [2.45, 2.75) is 25.3 Å². The lowest BCUT2D eigenvalue weighted by atomic mass is 9.93. The lowest BCUT2D eigenvalue weighted by Crippen LogP contribution is -2.46. The fraction of sp³-hybridized carbons (Fsp3) is 0.667. The average molecular weight is 289 g/mol. The average Bonchev–Trinajstić information content (AvgIpc) is 2.82. The molecule has 2 aliphatic heterocycles. The standard InChI is InChI=1S/C12H15ClF2N4/c13-10-5-8(11(14)15)12(18-17-10)19-4-2-7-1-3-16-6-9(7)19/h5,7,9,11,16H,1-4,6H2/t7-,9-/m0/s1.